The number of sulfonamides is 1. The van der Waals surface area contributed by atoms with E-state index in [0.29, 0.717) is 11.3 Å². The Balaban J connectivity index is 1.64. The highest BCUT2D eigenvalue weighted by molar-refractivity contribution is 7.89. The molecule has 26 heavy (non-hydrogen) atoms. The topological polar surface area (TPSA) is 102 Å². The number of carbonyl (C=O) groups is 1. The number of anilines is 2. The molecule has 1 aliphatic rings. The molecule has 0 bridgehead atoms. The van der Waals surface area contributed by atoms with Crippen molar-refractivity contribution >= 4 is 27.3 Å². The molecule has 1 heterocycles. The quantitative estimate of drug-likeness (QED) is 0.830. The molecule has 1 amide bonds. The van der Waals surface area contributed by atoms with Crippen LogP contribution in [-0.2, 0) is 14.8 Å². The van der Waals surface area contributed by atoms with E-state index in [9.17, 15) is 13.2 Å². The summed E-state index contributed by atoms with van der Waals surface area (Å²) in [7, 11) is -2.04. The minimum Gasteiger partial charge on any atom is -0.380 e. The smallest absolute Gasteiger partial charge is 0.255 e. The Bertz CT molecular complexity index is 880. The van der Waals surface area contributed by atoms with Crippen LogP contribution in [0.5, 0.6) is 0 Å². The normalized spacial score (nSPS) is 17.3. The number of nitrogens with zero attached hydrogens (tertiary/aromatic N) is 1. The average molecular weight is 375 g/mol. The standard InChI is InChI=1S/C18H21N3O4S/c1-25-16-10-11-21(12-16)15-6-4-14(5-7-15)20-18(22)13-2-8-17(9-3-13)26(19,23)24/h2-9,16H,10-12H2,1H3,(H,20,22)(H2,19,23,24). The van der Waals surface area contributed by atoms with E-state index in [1.54, 1.807) is 7.11 Å². The van der Waals surface area contributed by atoms with Crippen LogP contribution in [0, 0.1) is 0 Å². The molecule has 0 spiro atoms. The number of hydrogen-bond donors (Lipinski definition) is 2. The van der Waals surface area contributed by atoms with E-state index >= 15 is 0 Å². The summed E-state index contributed by atoms with van der Waals surface area (Å²) in [6.45, 7) is 1.80. The minimum absolute atomic E-state index is 0.0293. The van der Waals surface area contributed by atoms with E-state index in [-0.39, 0.29) is 16.9 Å². The molecule has 1 saturated heterocycles. The Morgan fingerprint density at radius 3 is 2.35 bits per heavy atom. The number of nitrogens with one attached hydrogen (secondary N) is 1. The largest absolute Gasteiger partial charge is 0.380 e. The lowest BCUT2D eigenvalue weighted by molar-refractivity contribution is 0.102. The second kappa shape index (κ2) is 7.45. The molecule has 0 radical (unpaired) electrons. The van der Waals surface area contributed by atoms with Crippen molar-refractivity contribution in [2.75, 3.05) is 30.4 Å². The number of nitrogens with two attached hydrogens (primary N) is 1. The van der Waals surface area contributed by atoms with Crippen LogP contribution in [0.1, 0.15) is 16.8 Å². The third kappa shape index (κ3) is 4.21. The summed E-state index contributed by atoms with van der Waals surface area (Å²) >= 11 is 0. The molecule has 7 nitrogen and oxygen atoms in total. The van der Waals surface area contributed by atoms with Crippen LogP contribution >= 0.6 is 0 Å². The Labute approximate surface area is 152 Å². The maximum Gasteiger partial charge on any atom is 0.255 e. The van der Waals surface area contributed by atoms with Crippen LogP contribution in [0.2, 0.25) is 0 Å². The molecule has 2 aromatic carbocycles. The van der Waals surface area contributed by atoms with E-state index in [1.807, 2.05) is 24.3 Å². The predicted molar refractivity (Wildman–Crippen MR) is 99.8 cm³/mol. The van der Waals surface area contributed by atoms with Gasteiger partial charge in [0.25, 0.3) is 5.91 Å². The number of carbonyl (C=O) groups excluding carboxylic acids is 1. The maximum absolute atomic E-state index is 12.3. The van der Waals surface area contributed by atoms with Crippen molar-refractivity contribution in [2.24, 2.45) is 5.14 Å². The fourth-order valence-corrected chi connectivity index (χ4v) is 3.43. The van der Waals surface area contributed by atoms with E-state index in [2.05, 4.69) is 10.2 Å². The van der Waals surface area contributed by atoms with Gasteiger partial charge in [-0.1, -0.05) is 0 Å². The van der Waals surface area contributed by atoms with Gasteiger partial charge in [0, 0.05) is 37.1 Å². The molecular formula is C18H21N3O4S. The number of primary sulfonamides is 1. The highest BCUT2D eigenvalue weighted by Crippen LogP contribution is 2.23. The van der Waals surface area contributed by atoms with Crippen LogP contribution in [0.25, 0.3) is 0 Å². The van der Waals surface area contributed by atoms with Gasteiger partial charge >= 0.3 is 0 Å². The molecule has 0 aliphatic carbocycles. The molecule has 0 aromatic heterocycles. The van der Waals surface area contributed by atoms with Gasteiger partial charge in [0.15, 0.2) is 0 Å². The molecule has 138 valence electrons. The van der Waals surface area contributed by atoms with Gasteiger partial charge < -0.3 is 15.0 Å². The summed E-state index contributed by atoms with van der Waals surface area (Å²) in [6, 6.07) is 13.1. The Morgan fingerprint density at radius 1 is 1.15 bits per heavy atom. The van der Waals surface area contributed by atoms with Crippen molar-refractivity contribution in [2.45, 2.75) is 17.4 Å². The molecule has 3 rings (SSSR count). The van der Waals surface area contributed by atoms with Crippen LogP contribution < -0.4 is 15.4 Å². The fraction of sp³-hybridized carbons (Fsp3) is 0.278. The lowest BCUT2D eigenvalue weighted by Gasteiger charge is -2.18. The Kier molecular flexibility index (Phi) is 5.26. The van der Waals surface area contributed by atoms with Gasteiger partial charge in [-0.15, -0.1) is 0 Å². The molecule has 1 atom stereocenters. The SMILES string of the molecule is COC1CCN(c2ccc(NC(=O)c3ccc(S(N)(=O)=O)cc3)cc2)C1. The second-order valence-electron chi connectivity index (χ2n) is 6.16. The first kappa shape index (κ1) is 18.4. The van der Waals surface area contributed by atoms with Gasteiger partial charge in [-0.05, 0) is 55.0 Å². The van der Waals surface area contributed by atoms with Crippen molar-refractivity contribution in [3.8, 4) is 0 Å². The van der Waals surface area contributed by atoms with E-state index in [4.69, 9.17) is 9.88 Å². The maximum atomic E-state index is 12.3. The van der Waals surface area contributed by atoms with Crippen molar-refractivity contribution in [3.05, 3.63) is 54.1 Å². The van der Waals surface area contributed by atoms with Crippen molar-refractivity contribution < 1.29 is 17.9 Å². The Morgan fingerprint density at radius 2 is 1.81 bits per heavy atom. The van der Waals surface area contributed by atoms with Gasteiger partial charge in [-0.3, -0.25) is 4.79 Å². The van der Waals surface area contributed by atoms with Crippen LogP contribution in [0.15, 0.2) is 53.4 Å². The zero-order valence-corrected chi connectivity index (χ0v) is 15.2. The Hall–Kier alpha value is -2.42. The zero-order chi connectivity index (χ0) is 18.7. The number of amides is 1. The molecule has 2 aromatic rings. The number of rotatable bonds is 5. The van der Waals surface area contributed by atoms with Gasteiger partial charge in [0.05, 0.1) is 11.0 Å². The first-order valence-electron chi connectivity index (χ1n) is 8.19. The monoisotopic (exact) mass is 375 g/mol. The highest BCUT2D eigenvalue weighted by Gasteiger charge is 2.22. The summed E-state index contributed by atoms with van der Waals surface area (Å²) in [5.41, 5.74) is 2.10. The number of ether oxygens (including phenoxy) is 1. The predicted octanol–water partition coefficient (Wildman–Crippen LogP) is 1.81. The van der Waals surface area contributed by atoms with Gasteiger partial charge in [-0.2, -0.15) is 0 Å². The molecule has 3 N–H and O–H groups in total. The summed E-state index contributed by atoms with van der Waals surface area (Å²) in [5, 5.41) is 7.84. The van der Waals surface area contributed by atoms with E-state index in [1.165, 1.54) is 24.3 Å². The fourth-order valence-electron chi connectivity index (χ4n) is 2.91. The number of benzene rings is 2. The molecule has 1 unspecified atom stereocenters. The summed E-state index contributed by atoms with van der Waals surface area (Å²) < 4.78 is 27.9. The highest BCUT2D eigenvalue weighted by atomic mass is 32.2. The van der Waals surface area contributed by atoms with Crippen LogP contribution in [-0.4, -0.2) is 40.6 Å². The van der Waals surface area contributed by atoms with Gasteiger partial charge in [-0.25, -0.2) is 13.6 Å². The summed E-state index contributed by atoms with van der Waals surface area (Å²) in [6.07, 6.45) is 1.26. The van der Waals surface area contributed by atoms with Gasteiger partial charge in [0.2, 0.25) is 10.0 Å². The first-order valence-corrected chi connectivity index (χ1v) is 9.73. The lowest BCUT2D eigenvalue weighted by atomic mass is 10.2. The number of methoxy groups -OCH3 is 1. The van der Waals surface area contributed by atoms with Crippen molar-refractivity contribution in [1.82, 2.24) is 0 Å². The lowest BCUT2D eigenvalue weighted by Crippen LogP contribution is -2.22. The van der Waals surface area contributed by atoms with Crippen LogP contribution in [0.4, 0.5) is 11.4 Å². The van der Waals surface area contributed by atoms with E-state index < -0.39 is 10.0 Å². The van der Waals surface area contributed by atoms with E-state index in [0.717, 1.165) is 25.2 Å². The van der Waals surface area contributed by atoms with Crippen LogP contribution in [0.3, 0.4) is 0 Å². The zero-order valence-electron chi connectivity index (χ0n) is 14.4. The third-order valence-corrected chi connectivity index (χ3v) is 5.34. The van der Waals surface area contributed by atoms with Crippen molar-refractivity contribution in [1.29, 1.82) is 0 Å². The number of hydrogen-bond acceptors (Lipinski definition) is 5. The minimum atomic E-state index is -3.77. The third-order valence-electron chi connectivity index (χ3n) is 4.41. The molecule has 8 heteroatoms. The molecule has 1 fully saturated rings. The van der Waals surface area contributed by atoms with Gasteiger partial charge in [0.1, 0.15) is 0 Å². The first-order chi connectivity index (χ1) is 12.4. The summed E-state index contributed by atoms with van der Waals surface area (Å²) in [4.78, 5) is 14.5. The molecule has 1 aliphatic heterocycles. The second-order valence-corrected chi connectivity index (χ2v) is 7.72. The molecular weight excluding hydrogens is 354 g/mol. The summed E-state index contributed by atoms with van der Waals surface area (Å²) in [5.74, 6) is -0.320. The van der Waals surface area contributed by atoms with Crippen molar-refractivity contribution in [3.63, 3.8) is 0 Å². The molecule has 0 saturated carbocycles. The average Bonchev–Trinajstić information content (AvgIpc) is 3.11.